The van der Waals surface area contributed by atoms with Crippen LogP contribution in [0.1, 0.15) is 37.3 Å². The Hall–Kier alpha value is -1.55. The Morgan fingerprint density at radius 1 is 1.38 bits per heavy atom. The van der Waals surface area contributed by atoms with Crippen LogP contribution in [0.3, 0.4) is 0 Å². The highest BCUT2D eigenvalue weighted by molar-refractivity contribution is 5.75. The maximum absolute atomic E-state index is 12.1. The Morgan fingerprint density at radius 2 is 2.14 bits per heavy atom. The van der Waals surface area contributed by atoms with Crippen molar-refractivity contribution in [1.82, 2.24) is 10.6 Å². The van der Waals surface area contributed by atoms with Crippen molar-refractivity contribution in [3.05, 3.63) is 35.4 Å². The summed E-state index contributed by atoms with van der Waals surface area (Å²) in [7, 11) is 0. The summed E-state index contributed by atoms with van der Waals surface area (Å²) in [5.74, 6) is 1.50. The highest BCUT2D eigenvalue weighted by Crippen LogP contribution is 2.56. The number of benzene rings is 1. The molecule has 3 rings (SSSR count). The Balaban J connectivity index is 1.52. The third-order valence-electron chi connectivity index (χ3n) is 4.65. The minimum Gasteiger partial charge on any atom is -0.394 e. The van der Waals surface area contributed by atoms with Gasteiger partial charge in [-0.2, -0.15) is 0 Å². The predicted octanol–water partition coefficient (Wildman–Crippen LogP) is 2.03. The van der Waals surface area contributed by atoms with Gasteiger partial charge < -0.3 is 15.7 Å². The molecule has 114 valence electrons. The lowest BCUT2D eigenvalue weighted by atomic mass is 10.0. The molecule has 2 aliphatic rings. The van der Waals surface area contributed by atoms with E-state index in [0.29, 0.717) is 17.8 Å². The van der Waals surface area contributed by atoms with Gasteiger partial charge in [0.1, 0.15) is 0 Å². The summed E-state index contributed by atoms with van der Waals surface area (Å²) in [6, 6.07) is 8.47. The monoisotopic (exact) mass is 288 g/mol. The van der Waals surface area contributed by atoms with Gasteiger partial charge in [0.05, 0.1) is 12.6 Å². The molecule has 1 saturated carbocycles. The number of aliphatic hydroxyl groups is 1. The van der Waals surface area contributed by atoms with Crippen molar-refractivity contribution in [1.29, 1.82) is 0 Å². The summed E-state index contributed by atoms with van der Waals surface area (Å²) in [4.78, 5) is 12.1. The first-order valence-corrected chi connectivity index (χ1v) is 7.85. The number of fused-ring (bicyclic) bond motifs is 3. The average Bonchev–Trinajstić information content (AvgIpc) is 2.95. The zero-order valence-corrected chi connectivity index (χ0v) is 12.7. The van der Waals surface area contributed by atoms with E-state index in [1.54, 1.807) is 0 Å². The van der Waals surface area contributed by atoms with E-state index in [1.807, 2.05) is 0 Å². The molecule has 1 aromatic rings. The van der Waals surface area contributed by atoms with Gasteiger partial charge in [0.25, 0.3) is 0 Å². The van der Waals surface area contributed by atoms with Gasteiger partial charge in [-0.1, -0.05) is 38.1 Å². The summed E-state index contributed by atoms with van der Waals surface area (Å²) < 4.78 is 0. The zero-order chi connectivity index (χ0) is 15.0. The van der Waals surface area contributed by atoms with Crippen LogP contribution in [0.4, 0.5) is 4.79 Å². The summed E-state index contributed by atoms with van der Waals surface area (Å²) >= 11 is 0. The number of carbonyl (C=O) groups is 1. The Labute approximate surface area is 125 Å². The molecule has 4 unspecified atom stereocenters. The Morgan fingerprint density at radius 3 is 2.86 bits per heavy atom. The molecule has 0 saturated heterocycles. The molecule has 21 heavy (non-hydrogen) atoms. The maximum Gasteiger partial charge on any atom is 0.315 e. The third kappa shape index (κ3) is 2.91. The van der Waals surface area contributed by atoms with Gasteiger partial charge in [-0.05, 0) is 35.8 Å². The largest absolute Gasteiger partial charge is 0.394 e. The zero-order valence-electron chi connectivity index (χ0n) is 12.7. The molecule has 2 aliphatic carbocycles. The van der Waals surface area contributed by atoms with Crippen molar-refractivity contribution in [2.75, 3.05) is 6.61 Å². The first kappa shape index (κ1) is 14.4. The summed E-state index contributed by atoms with van der Waals surface area (Å²) in [5.41, 5.74) is 2.83. The van der Waals surface area contributed by atoms with Crippen molar-refractivity contribution in [2.24, 2.45) is 11.8 Å². The molecule has 1 fully saturated rings. The van der Waals surface area contributed by atoms with Crippen LogP contribution in [0, 0.1) is 11.8 Å². The van der Waals surface area contributed by atoms with Gasteiger partial charge in [0.15, 0.2) is 0 Å². The van der Waals surface area contributed by atoms with Crippen molar-refractivity contribution < 1.29 is 9.90 Å². The number of carbonyl (C=O) groups excluding carboxylic acids is 1. The normalized spacial score (nSPS) is 27.0. The number of rotatable bonds is 5. The highest BCUT2D eigenvalue weighted by Gasteiger charge is 2.56. The predicted molar refractivity (Wildman–Crippen MR) is 82.2 cm³/mol. The van der Waals surface area contributed by atoms with Crippen molar-refractivity contribution in [3.8, 4) is 0 Å². The van der Waals surface area contributed by atoms with Gasteiger partial charge in [-0.25, -0.2) is 4.79 Å². The second-order valence-corrected chi connectivity index (χ2v) is 6.75. The minimum atomic E-state index is -0.157. The van der Waals surface area contributed by atoms with Crippen molar-refractivity contribution in [3.63, 3.8) is 0 Å². The van der Waals surface area contributed by atoms with Gasteiger partial charge in [0.2, 0.25) is 0 Å². The van der Waals surface area contributed by atoms with Crippen molar-refractivity contribution >= 4 is 6.03 Å². The van der Waals surface area contributed by atoms with Gasteiger partial charge in [-0.15, -0.1) is 0 Å². The fourth-order valence-electron chi connectivity index (χ4n) is 3.67. The quantitative estimate of drug-likeness (QED) is 0.776. The van der Waals surface area contributed by atoms with E-state index in [4.69, 9.17) is 0 Å². The molecule has 0 aliphatic heterocycles. The van der Waals surface area contributed by atoms with Crippen LogP contribution in [0.2, 0.25) is 0 Å². The number of urea groups is 1. The molecule has 0 spiro atoms. The van der Waals surface area contributed by atoms with E-state index in [2.05, 4.69) is 48.7 Å². The van der Waals surface area contributed by atoms with Crippen LogP contribution < -0.4 is 10.6 Å². The van der Waals surface area contributed by atoms with E-state index in [1.165, 1.54) is 11.1 Å². The molecule has 3 N–H and O–H groups in total. The molecule has 0 radical (unpaired) electrons. The van der Waals surface area contributed by atoms with Crippen LogP contribution in [0.5, 0.6) is 0 Å². The molecule has 4 heteroatoms. The first-order chi connectivity index (χ1) is 10.1. The summed E-state index contributed by atoms with van der Waals surface area (Å²) in [5, 5.41) is 15.3. The molecule has 0 bridgehead atoms. The molecule has 4 nitrogen and oxygen atoms in total. The highest BCUT2D eigenvalue weighted by atomic mass is 16.3. The molecule has 4 atom stereocenters. The van der Waals surface area contributed by atoms with Crippen LogP contribution in [-0.2, 0) is 6.42 Å². The lowest BCUT2D eigenvalue weighted by molar-refractivity contribution is 0.206. The SMILES string of the molecule is CC(C)CC(CO)NC(=O)NC1C2Cc3ccccc3C21. The number of amides is 2. The van der Waals surface area contributed by atoms with Gasteiger partial charge >= 0.3 is 6.03 Å². The fourth-order valence-corrected chi connectivity index (χ4v) is 3.67. The number of nitrogens with one attached hydrogen (secondary N) is 2. The maximum atomic E-state index is 12.1. The van der Waals surface area contributed by atoms with Gasteiger partial charge in [0, 0.05) is 12.0 Å². The number of hydrogen-bond donors (Lipinski definition) is 3. The van der Waals surface area contributed by atoms with Gasteiger partial charge in [-0.3, -0.25) is 0 Å². The van der Waals surface area contributed by atoms with Crippen molar-refractivity contribution in [2.45, 2.75) is 44.7 Å². The molecule has 0 heterocycles. The second-order valence-electron chi connectivity index (χ2n) is 6.75. The van der Waals surface area contributed by atoms with E-state index in [0.717, 1.165) is 12.8 Å². The number of aliphatic hydroxyl groups excluding tert-OH is 1. The smallest absolute Gasteiger partial charge is 0.315 e. The van der Waals surface area contributed by atoms with E-state index >= 15 is 0 Å². The summed E-state index contributed by atoms with van der Waals surface area (Å²) in [6.45, 7) is 4.17. The van der Waals surface area contributed by atoms with Crippen LogP contribution in [0.25, 0.3) is 0 Å². The molecular formula is C17H24N2O2. The fraction of sp³-hybridized carbons (Fsp3) is 0.588. The third-order valence-corrected chi connectivity index (χ3v) is 4.65. The van der Waals surface area contributed by atoms with Crippen LogP contribution in [0.15, 0.2) is 24.3 Å². The Kier molecular flexibility index (Phi) is 3.89. The standard InChI is InChI=1S/C17H24N2O2/c1-10(2)7-12(9-20)18-17(21)19-16-14-8-11-5-3-4-6-13(11)15(14)16/h3-6,10,12,14-16,20H,7-9H2,1-2H3,(H2,18,19,21). The van der Waals surface area contributed by atoms with Crippen LogP contribution in [-0.4, -0.2) is 29.8 Å². The van der Waals surface area contributed by atoms with E-state index < -0.39 is 0 Å². The molecule has 0 aromatic heterocycles. The second kappa shape index (κ2) is 5.68. The molecule has 1 aromatic carbocycles. The summed E-state index contributed by atoms with van der Waals surface area (Å²) in [6.07, 6.45) is 1.87. The van der Waals surface area contributed by atoms with Crippen LogP contribution >= 0.6 is 0 Å². The topological polar surface area (TPSA) is 61.4 Å². The minimum absolute atomic E-state index is 0.00798. The Bertz CT molecular complexity index is 529. The van der Waals surface area contributed by atoms with E-state index in [-0.39, 0.29) is 24.7 Å². The lowest BCUT2D eigenvalue weighted by Gasteiger charge is -2.19. The molecule has 2 amide bonds. The van der Waals surface area contributed by atoms with E-state index in [9.17, 15) is 9.90 Å². The lowest BCUT2D eigenvalue weighted by Crippen LogP contribution is -2.45. The average molecular weight is 288 g/mol. The molecular weight excluding hydrogens is 264 g/mol. The first-order valence-electron chi connectivity index (χ1n) is 7.85. The number of hydrogen-bond acceptors (Lipinski definition) is 2.